The van der Waals surface area contributed by atoms with E-state index < -0.39 is 33.4 Å². The Balaban J connectivity index is 1.66. The van der Waals surface area contributed by atoms with Crippen molar-refractivity contribution in [3.05, 3.63) is 94.9 Å². The number of carbonyl (C=O) groups excluding carboxylic acids is 1. The van der Waals surface area contributed by atoms with Crippen LogP contribution in [0.5, 0.6) is 0 Å². The lowest BCUT2D eigenvalue weighted by Crippen LogP contribution is -2.20. The summed E-state index contributed by atoms with van der Waals surface area (Å²) in [5.41, 5.74) is 0.351. The molecule has 0 aliphatic rings. The summed E-state index contributed by atoms with van der Waals surface area (Å²) in [7, 11) is -4.26. The van der Waals surface area contributed by atoms with Crippen molar-refractivity contribution < 1.29 is 26.4 Å². The van der Waals surface area contributed by atoms with E-state index in [0.29, 0.717) is 11.8 Å². The first-order chi connectivity index (χ1) is 16.5. The van der Waals surface area contributed by atoms with Crippen molar-refractivity contribution in [2.24, 2.45) is 0 Å². The standard InChI is InChI=1S/C24H18F3N3O3S2/c1-15-7-10-18(11-8-15)35(32,33)30-20-13-17(24(25,26)27)9-12-19(20)22(31)29-23-28-21(14-34-23)16-5-3-2-4-6-16/h2-14,30H,1H3,(H,28,29,31). The summed E-state index contributed by atoms with van der Waals surface area (Å²) < 4.78 is 67.8. The average Bonchev–Trinajstić information content (AvgIpc) is 3.27. The lowest BCUT2D eigenvalue weighted by molar-refractivity contribution is -0.137. The summed E-state index contributed by atoms with van der Waals surface area (Å²) in [4.78, 5) is 17.1. The fraction of sp³-hybridized carbons (Fsp3) is 0.0833. The Hall–Kier alpha value is -3.70. The lowest BCUT2D eigenvalue weighted by Gasteiger charge is -2.15. The Bertz CT molecular complexity index is 1470. The summed E-state index contributed by atoms with van der Waals surface area (Å²) in [6, 6.07) is 17.2. The van der Waals surface area contributed by atoms with Gasteiger partial charge < -0.3 is 0 Å². The number of amides is 1. The predicted molar refractivity (Wildman–Crippen MR) is 129 cm³/mol. The second-order valence-corrected chi connectivity index (χ2v) is 10.1. The highest BCUT2D eigenvalue weighted by molar-refractivity contribution is 7.92. The Morgan fingerprint density at radius 1 is 0.971 bits per heavy atom. The molecule has 0 unspecified atom stereocenters. The third kappa shape index (κ3) is 5.69. The molecule has 4 rings (SSSR count). The highest BCUT2D eigenvalue weighted by Crippen LogP contribution is 2.34. The zero-order chi connectivity index (χ0) is 25.2. The zero-order valence-electron chi connectivity index (χ0n) is 18.1. The van der Waals surface area contributed by atoms with Gasteiger partial charge in [0.2, 0.25) is 0 Å². The molecule has 3 aromatic carbocycles. The van der Waals surface area contributed by atoms with Gasteiger partial charge in [0.25, 0.3) is 15.9 Å². The van der Waals surface area contributed by atoms with Gasteiger partial charge in [-0.1, -0.05) is 48.0 Å². The molecule has 0 saturated carbocycles. The third-order valence-corrected chi connectivity index (χ3v) is 7.10. The Kier molecular flexibility index (Phi) is 6.64. The number of sulfonamides is 1. The molecule has 0 saturated heterocycles. The van der Waals surface area contributed by atoms with Crippen molar-refractivity contribution in [1.29, 1.82) is 0 Å². The van der Waals surface area contributed by atoms with E-state index in [1.54, 1.807) is 24.4 Å². The van der Waals surface area contributed by atoms with Crippen LogP contribution in [0.2, 0.25) is 0 Å². The number of anilines is 2. The molecule has 4 aromatic rings. The maximum atomic E-state index is 13.3. The van der Waals surface area contributed by atoms with Crippen molar-refractivity contribution in [1.82, 2.24) is 4.98 Å². The highest BCUT2D eigenvalue weighted by atomic mass is 32.2. The first-order valence-corrected chi connectivity index (χ1v) is 12.5. The molecule has 1 amide bonds. The van der Waals surface area contributed by atoms with Gasteiger partial charge in [0.15, 0.2) is 5.13 Å². The number of nitrogens with zero attached hydrogens (tertiary/aromatic N) is 1. The Morgan fingerprint density at radius 3 is 2.31 bits per heavy atom. The van der Waals surface area contributed by atoms with Gasteiger partial charge in [-0.25, -0.2) is 13.4 Å². The fourth-order valence-electron chi connectivity index (χ4n) is 3.16. The van der Waals surface area contributed by atoms with Crippen molar-refractivity contribution in [3.63, 3.8) is 0 Å². The molecule has 0 spiro atoms. The summed E-state index contributed by atoms with van der Waals surface area (Å²) in [6.07, 6.45) is -4.74. The van der Waals surface area contributed by atoms with E-state index in [2.05, 4.69) is 15.0 Å². The fourth-order valence-corrected chi connectivity index (χ4v) is 4.95. The number of nitrogens with one attached hydrogen (secondary N) is 2. The van der Waals surface area contributed by atoms with E-state index >= 15 is 0 Å². The monoisotopic (exact) mass is 517 g/mol. The molecule has 0 atom stereocenters. The number of benzene rings is 3. The van der Waals surface area contributed by atoms with Crippen LogP contribution in [0.3, 0.4) is 0 Å². The number of aryl methyl sites for hydroxylation is 1. The summed E-state index contributed by atoms with van der Waals surface area (Å²) in [5, 5.41) is 4.46. The van der Waals surface area contributed by atoms with Gasteiger partial charge in [-0.05, 0) is 37.3 Å². The molecule has 35 heavy (non-hydrogen) atoms. The normalized spacial score (nSPS) is 11.8. The molecule has 2 N–H and O–H groups in total. The van der Waals surface area contributed by atoms with Crippen LogP contribution in [0, 0.1) is 6.92 Å². The number of aromatic nitrogens is 1. The van der Waals surface area contributed by atoms with Gasteiger partial charge in [-0.15, -0.1) is 11.3 Å². The van der Waals surface area contributed by atoms with E-state index in [-0.39, 0.29) is 15.6 Å². The number of halogens is 3. The van der Waals surface area contributed by atoms with Crippen molar-refractivity contribution in [2.45, 2.75) is 18.0 Å². The van der Waals surface area contributed by atoms with Gasteiger partial charge in [0.1, 0.15) is 0 Å². The second-order valence-electron chi connectivity index (χ2n) is 7.53. The molecule has 1 aromatic heterocycles. The summed E-state index contributed by atoms with van der Waals surface area (Å²) in [5.74, 6) is -0.811. The van der Waals surface area contributed by atoms with Crippen LogP contribution < -0.4 is 10.0 Å². The maximum absolute atomic E-state index is 13.3. The molecule has 180 valence electrons. The first-order valence-electron chi connectivity index (χ1n) is 10.2. The lowest BCUT2D eigenvalue weighted by atomic mass is 10.1. The third-order valence-electron chi connectivity index (χ3n) is 4.96. The largest absolute Gasteiger partial charge is 0.416 e. The minimum absolute atomic E-state index is 0.153. The second kappa shape index (κ2) is 9.51. The first kappa shape index (κ1) is 24.4. The molecule has 1 heterocycles. The maximum Gasteiger partial charge on any atom is 0.416 e. The van der Waals surface area contributed by atoms with Crippen LogP contribution in [-0.4, -0.2) is 19.3 Å². The minimum atomic E-state index is -4.74. The van der Waals surface area contributed by atoms with E-state index in [9.17, 15) is 26.4 Å². The van der Waals surface area contributed by atoms with Crippen molar-refractivity contribution in [3.8, 4) is 11.3 Å². The Morgan fingerprint density at radius 2 is 1.66 bits per heavy atom. The van der Waals surface area contributed by atoms with Gasteiger partial charge in [-0.2, -0.15) is 13.2 Å². The van der Waals surface area contributed by atoms with Crippen molar-refractivity contribution in [2.75, 3.05) is 10.0 Å². The van der Waals surface area contributed by atoms with Crippen LogP contribution in [0.15, 0.2) is 83.1 Å². The number of hydrogen-bond donors (Lipinski definition) is 2. The zero-order valence-corrected chi connectivity index (χ0v) is 19.8. The van der Waals surface area contributed by atoms with E-state index in [1.165, 1.54) is 12.1 Å². The summed E-state index contributed by atoms with van der Waals surface area (Å²) >= 11 is 1.13. The van der Waals surface area contributed by atoms with Gasteiger partial charge >= 0.3 is 6.18 Å². The number of hydrogen-bond acceptors (Lipinski definition) is 5. The Labute approximate surface area is 203 Å². The molecule has 0 bridgehead atoms. The van der Waals surface area contributed by atoms with Crippen LogP contribution in [0.1, 0.15) is 21.5 Å². The van der Waals surface area contributed by atoms with E-state index in [1.807, 2.05) is 30.3 Å². The molecule has 0 aliphatic carbocycles. The SMILES string of the molecule is Cc1ccc(S(=O)(=O)Nc2cc(C(F)(F)F)ccc2C(=O)Nc2nc(-c3ccccc3)cs2)cc1. The van der Waals surface area contributed by atoms with Crippen molar-refractivity contribution >= 4 is 38.1 Å². The van der Waals surface area contributed by atoms with Crippen LogP contribution in [-0.2, 0) is 16.2 Å². The van der Waals surface area contributed by atoms with E-state index in [0.717, 1.165) is 34.6 Å². The quantitative estimate of drug-likeness (QED) is 0.319. The molecular weight excluding hydrogens is 499 g/mol. The van der Waals surface area contributed by atoms with Crippen LogP contribution in [0.4, 0.5) is 24.0 Å². The van der Waals surface area contributed by atoms with Gasteiger partial charge in [0.05, 0.1) is 27.4 Å². The average molecular weight is 518 g/mol. The number of carbonyl (C=O) groups is 1. The van der Waals surface area contributed by atoms with E-state index in [4.69, 9.17) is 0 Å². The van der Waals surface area contributed by atoms with Crippen LogP contribution >= 0.6 is 11.3 Å². The molecule has 6 nitrogen and oxygen atoms in total. The molecule has 11 heteroatoms. The molecule has 0 aliphatic heterocycles. The summed E-state index contributed by atoms with van der Waals surface area (Å²) in [6.45, 7) is 1.76. The smallest absolute Gasteiger partial charge is 0.298 e. The topological polar surface area (TPSA) is 88.2 Å². The number of rotatable bonds is 6. The molecule has 0 fully saturated rings. The van der Waals surface area contributed by atoms with Gasteiger partial charge in [0, 0.05) is 10.9 Å². The molecular formula is C24H18F3N3O3S2. The van der Waals surface area contributed by atoms with Gasteiger partial charge in [-0.3, -0.25) is 14.8 Å². The number of thiazole rings is 1. The van der Waals surface area contributed by atoms with Crippen LogP contribution in [0.25, 0.3) is 11.3 Å². The number of alkyl halides is 3. The highest BCUT2D eigenvalue weighted by Gasteiger charge is 2.32. The minimum Gasteiger partial charge on any atom is -0.298 e. The predicted octanol–water partition coefficient (Wildman–Crippen LogP) is 6.19. The molecule has 0 radical (unpaired) electrons.